The van der Waals surface area contributed by atoms with Crippen molar-refractivity contribution in [2.24, 2.45) is 0 Å². The fourth-order valence-corrected chi connectivity index (χ4v) is 3.45. The van der Waals surface area contributed by atoms with Crippen LogP contribution in [0.1, 0.15) is 11.3 Å². The number of rotatable bonds is 3. The second-order valence-corrected chi connectivity index (χ2v) is 7.47. The molecule has 0 aliphatic heterocycles. The van der Waals surface area contributed by atoms with Gasteiger partial charge >= 0.3 is 12.4 Å². The van der Waals surface area contributed by atoms with Crippen molar-refractivity contribution >= 4 is 10.9 Å². The molecule has 0 bridgehead atoms. The van der Waals surface area contributed by atoms with Crippen LogP contribution < -0.4 is 5.56 Å². The Morgan fingerprint density at radius 1 is 0.861 bits per heavy atom. The summed E-state index contributed by atoms with van der Waals surface area (Å²) in [6.45, 7) is 0. The molecule has 0 radical (unpaired) electrons. The number of fused-ring (bicyclic) bond motifs is 1. The Balaban J connectivity index is 1.72. The van der Waals surface area contributed by atoms with Gasteiger partial charge in [-0.05, 0) is 24.3 Å². The van der Waals surface area contributed by atoms with Gasteiger partial charge in [-0.2, -0.15) is 26.3 Å². The zero-order valence-corrected chi connectivity index (χ0v) is 17.7. The molecule has 0 saturated carbocycles. The van der Waals surface area contributed by atoms with Crippen LogP contribution in [0.3, 0.4) is 0 Å². The van der Waals surface area contributed by atoms with Crippen LogP contribution in [-0.2, 0) is 12.4 Å². The molecule has 5 rings (SSSR count). The monoisotopic (exact) mass is 503 g/mol. The number of aromatic nitrogens is 5. The number of pyridine rings is 2. The second-order valence-electron chi connectivity index (χ2n) is 7.47. The van der Waals surface area contributed by atoms with E-state index in [2.05, 4.69) is 19.9 Å². The first-order valence-corrected chi connectivity index (χ1v) is 10.1. The third-order valence-corrected chi connectivity index (χ3v) is 5.15. The summed E-state index contributed by atoms with van der Waals surface area (Å²) >= 11 is 0. The van der Waals surface area contributed by atoms with Crippen molar-refractivity contribution < 1.29 is 30.8 Å². The Morgan fingerprint density at radius 3 is 2.31 bits per heavy atom. The highest BCUT2D eigenvalue weighted by Gasteiger charge is 2.34. The highest BCUT2D eigenvalue weighted by molar-refractivity contribution is 5.78. The summed E-state index contributed by atoms with van der Waals surface area (Å²) in [6.07, 6.45) is -5.95. The summed E-state index contributed by atoms with van der Waals surface area (Å²) < 4.78 is 85.2. The van der Waals surface area contributed by atoms with Gasteiger partial charge in [0.05, 0.1) is 5.56 Å². The Hall–Kier alpha value is -4.55. The Kier molecular flexibility index (Phi) is 5.34. The quantitative estimate of drug-likeness (QED) is 0.301. The summed E-state index contributed by atoms with van der Waals surface area (Å²) in [5, 5.41) is 0.514. The second kappa shape index (κ2) is 8.29. The van der Waals surface area contributed by atoms with E-state index in [0.717, 1.165) is 28.8 Å². The molecule has 0 saturated heterocycles. The molecule has 0 aliphatic carbocycles. The van der Waals surface area contributed by atoms with Crippen LogP contribution >= 0.6 is 0 Å². The molecule has 4 heterocycles. The molecule has 0 amide bonds. The summed E-state index contributed by atoms with van der Waals surface area (Å²) in [4.78, 5) is 28.3. The van der Waals surface area contributed by atoms with E-state index < -0.39 is 35.1 Å². The van der Waals surface area contributed by atoms with E-state index in [9.17, 15) is 31.1 Å². The van der Waals surface area contributed by atoms with Gasteiger partial charge in [0.15, 0.2) is 0 Å². The van der Waals surface area contributed by atoms with E-state index >= 15 is 0 Å². The van der Waals surface area contributed by atoms with E-state index in [4.69, 9.17) is 4.42 Å². The lowest BCUT2D eigenvalue weighted by atomic mass is 10.1. The highest BCUT2D eigenvalue weighted by atomic mass is 19.4. The lowest BCUT2D eigenvalue weighted by molar-refractivity contribution is -0.141. The van der Waals surface area contributed by atoms with Crippen LogP contribution in [0.15, 0.2) is 76.5 Å². The van der Waals surface area contributed by atoms with Crippen LogP contribution in [0.4, 0.5) is 26.3 Å². The molecular weight excluding hydrogens is 492 g/mol. The lowest BCUT2D eigenvalue weighted by Gasteiger charge is -2.08. The molecule has 0 N–H and O–H groups in total. The minimum absolute atomic E-state index is 0.0673. The molecule has 13 heteroatoms. The number of benzene rings is 1. The fraction of sp³-hybridized carbons (Fsp3) is 0.0870. The molecule has 182 valence electrons. The van der Waals surface area contributed by atoms with Crippen molar-refractivity contribution in [3.63, 3.8) is 0 Å². The summed E-state index contributed by atoms with van der Waals surface area (Å²) in [7, 11) is 0. The van der Waals surface area contributed by atoms with Gasteiger partial charge in [0.25, 0.3) is 5.56 Å². The van der Waals surface area contributed by atoms with Gasteiger partial charge in [-0.3, -0.25) is 14.3 Å². The van der Waals surface area contributed by atoms with Gasteiger partial charge in [0.2, 0.25) is 11.8 Å². The van der Waals surface area contributed by atoms with E-state index in [1.807, 2.05) is 0 Å². The number of halogens is 6. The molecule has 1 aromatic carbocycles. The zero-order valence-electron chi connectivity index (χ0n) is 17.7. The van der Waals surface area contributed by atoms with Crippen molar-refractivity contribution in [2.45, 2.75) is 12.4 Å². The third kappa shape index (κ3) is 4.19. The average molecular weight is 503 g/mol. The molecule has 0 unspecified atom stereocenters. The maximum absolute atomic E-state index is 13.1. The number of nitrogens with zero attached hydrogens (tertiary/aromatic N) is 5. The molecule has 0 spiro atoms. The number of hydrogen-bond donors (Lipinski definition) is 0. The maximum Gasteiger partial charge on any atom is 0.433 e. The average Bonchev–Trinajstić information content (AvgIpc) is 3.29. The van der Waals surface area contributed by atoms with Crippen LogP contribution in [0.25, 0.3) is 39.6 Å². The van der Waals surface area contributed by atoms with Crippen molar-refractivity contribution in [2.75, 3.05) is 0 Å². The normalized spacial score (nSPS) is 12.3. The first-order valence-electron chi connectivity index (χ1n) is 10.1. The van der Waals surface area contributed by atoms with Gasteiger partial charge in [-0.25, -0.2) is 15.0 Å². The van der Waals surface area contributed by atoms with Gasteiger partial charge in [-0.1, -0.05) is 18.2 Å². The molecule has 36 heavy (non-hydrogen) atoms. The Bertz CT molecular complexity index is 1640. The maximum atomic E-state index is 13.1. The largest absolute Gasteiger partial charge is 0.433 e. The molecule has 0 fully saturated rings. The predicted octanol–water partition coefficient (Wildman–Crippen LogP) is 5.54. The van der Waals surface area contributed by atoms with E-state index in [1.54, 1.807) is 18.2 Å². The van der Waals surface area contributed by atoms with Gasteiger partial charge < -0.3 is 4.42 Å². The van der Waals surface area contributed by atoms with Gasteiger partial charge in [0.1, 0.15) is 28.9 Å². The van der Waals surface area contributed by atoms with Crippen molar-refractivity contribution in [3.8, 4) is 28.7 Å². The number of hydrogen-bond acceptors (Lipinski definition) is 6. The van der Waals surface area contributed by atoms with E-state index in [1.165, 1.54) is 12.4 Å². The number of oxazole rings is 1. The third-order valence-electron chi connectivity index (χ3n) is 5.15. The van der Waals surface area contributed by atoms with Crippen molar-refractivity contribution in [3.05, 3.63) is 88.9 Å². The minimum Gasteiger partial charge on any atom is -0.417 e. The van der Waals surface area contributed by atoms with Crippen LogP contribution in [0.5, 0.6) is 0 Å². The van der Waals surface area contributed by atoms with Gasteiger partial charge in [0, 0.05) is 29.4 Å². The zero-order chi connectivity index (χ0) is 25.7. The van der Waals surface area contributed by atoms with E-state index in [-0.39, 0.29) is 28.4 Å². The summed E-state index contributed by atoms with van der Waals surface area (Å²) in [5.41, 5.74) is -3.07. The van der Waals surface area contributed by atoms with Crippen LogP contribution in [-0.4, -0.2) is 24.5 Å². The van der Waals surface area contributed by atoms with Crippen molar-refractivity contribution in [1.29, 1.82) is 0 Å². The Labute approximate surface area is 196 Å². The first kappa shape index (κ1) is 23.2. The first-order chi connectivity index (χ1) is 17.0. The predicted molar refractivity (Wildman–Crippen MR) is 114 cm³/mol. The van der Waals surface area contributed by atoms with Crippen LogP contribution in [0, 0.1) is 0 Å². The smallest absolute Gasteiger partial charge is 0.417 e. The summed E-state index contributed by atoms with van der Waals surface area (Å²) in [6, 6.07) is 9.27. The molecule has 5 aromatic rings. The molecular formula is C23H11F6N5O2. The van der Waals surface area contributed by atoms with Crippen LogP contribution in [0.2, 0.25) is 0 Å². The highest BCUT2D eigenvalue weighted by Crippen LogP contribution is 2.35. The van der Waals surface area contributed by atoms with Gasteiger partial charge in [-0.15, -0.1) is 0 Å². The van der Waals surface area contributed by atoms with E-state index in [0.29, 0.717) is 17.8 Å². The SMILES string of the molecule is O=c1c2ncccc2ccn1-c1oc(-c2cc(C(F)(F)F)ncn2)nc1-c1ccc(C(F)(F)F)cc1. The molecule has 0 atom stereocenters. The topological polar surface area (TPSA) is 86.7 Å². The fourth-order valence-electron chi connectivity index (χ4n) is 3.45. The molecule has 4 aromatic heterocycles. The standard InChI is InChI=1S/C23H11F6N5O2/c24-22(25,26)14-5-3-13(4-6-14)18-21(34-9-7-12-2-1-8-30-17(12)20(34)35)36-19(33-18)15-10-16(23(27,28)29)32-11-31-15/h1-11H. The lowest BCUT2D eigenvalue weighted by Crippen LogP contribution is -2.18. The molecule has 7 nitrogen and oxygen atoms in total. The molecule has 0 aliphatic rings. The van der Waals surface area contributed by atoms with Crippen molar-refractivity contribution in [1.82, 2.24) is 24.5 Å². The Morgan fingerprint density at radius 2 is 1.61 bits per heavy atom. The number of alkyl halides is 6. The summed E-state index contributed by atoms with van der Waals surface area (Å²) in [5.74, 6) is -0.643. The minimum atomic E-state index is -4.77.